The third-order valence-electron chi connectivity index (χ3n) is 6.65. The highest BCUT2D eigenvalue weighted by Gasteiger charge is 2.42. The van der Waals surface area contributed by atoms with Gasteiger partial charge in [0.2, 0.25) is 0 Å². The van der Waals surface area contributed by atoms with Crippen molar-refractivity contribution in [3.8, 4) is 17.2 Å². The number of dihydropyridines is 1. The summed E-state index contributed by atoms with van der Waals surface area (Å²) in [4.78, 5) is 26.9. The average Bonchev–Trinajstić information content (AvgIpc) is 2.87. The Kier molecular flexibility index (Phi) is 7.15. The molecule has 2 unspecified atom stereocenters. The van der Waals surface area contributed by atoms with E-state index in [0.29, 0.717) is 46.7 Å². The number of ether oxygens (including phenoxy) is 4. The Morgan fingerprint density at radius 3 is 2.40 bits per heavy atom. The minimum atomic E-state index is -0.614. The number of Topliss-reactive ketones (excluding diaryl/α,β-unsaturated/α-hetero) is 1. The Labute approximate surface area is 205 Å². The number of hydrogen-bond acceptors (Lipinski definition) is 7. The number of esters is 1. The monoisotopic (exact) mass is 477 g/mol. The Morgan fingerprint density at radius 1 is 0.971 bits per heavy atom. The molecule has 1 N–H and O–H groups in total. The van der Waals surface area contributed by atoms with Crippen LogP contribution in [-0.4, -0.2) is 39.7 Å². The molecule has 0 aromatic heterocycles. The van der Waals surface area contributed by atoms with Crippen LogP contribution in [0, 0.1) is 0 Å². The van der Waals surface area contributed by atoms with E-state index in [0.717, 1.165) is 17.0 Å². The minimum Gasteiger partial charge on any atom is -0.497 e. The van der Waals surface area contributed by atoms with Crippen LogP contribution in [0.25, 0.3) is 0 Å². The lowest BCUT2D eigenvalue weighted by atomic mass is 9.71. The summed E-state index contributed by atoms with van der Waals surface area (Å²) in [6.07, 6.45) is 0.925. The van der Waals surface area contributed by atoms with Crippen molar-refractivity contribution in [3.05, 3.63) is 76.1 Å². The number of rotatable bonds is 7. The quantitative estimate of drug-likeness (QED) is 0.582. The van der Waals surface area contributed by atoms with Crippen LogP contribution in [0.15, 0.2) is 65.0 Å². The molecule has 4 rings (SSSR count). The van der Waals surface area contributed by atoms with Crippen molar-refractivity contribution in [1.29, 1.82) is 0 Å². The molecule has 0 bridgehead atoms. The number of carbonyl (C=O) groups is 2. The summed E-state index contributed by atoms with van der Waals surface area (Å²) >= 11 is 0. The maximum atomic E-state index is 13.8. The fourth-order valence-corrected chi connectivity index (χ4v) is 5.11. The highest BCUT2D eigenvalue weighted by Crippen LogP contribution is 2.49. The van der Waals surface area contributed by atoms with Crippen LogP contribution >= 0.6 is 0 Å². The molecule has 1 heterocycles. The number of allylic oxidation sites excluding steroid dienone is 3. The van der Waals surface area contributed by atoms with Crippen LogP contribution in [0.2, 0.25) is 0 Å². The molecule has 1 aliphatic heterocycles. The average molecular weight is 478 g/mol. The molecule has 0 saturated carbocycles. The number of hydrogen-bond donors (Lipinski definition) is 1. The van der Waals surface area contributed by atoms with E-state index in [2.05, 4.69) is 5.32 Å². The van der Waals surface area contributed by atoms with Crippen LogP contribution in [0.4, 0.5) is 0 Å². The molecule has 1 aliphatic carbocycles. The highest BCUT2D eigenvalue weighted by molar-refractivity contribution is 6.04. The normalized spacial score (nSPS) is 19.6. The Balaban J connectivity index is 1.86. The zero-order valence-corrected chi connectivity index (χ0v) is 20.8. The molecule has 0 saturated heterocycles. The van der Waals surface area contributed by atoms with Gasteiger partial charge >= 0.3 is 5.97 Å². The Bertz CT molecular complexity index is 1210. The van der Waals surface area contributed by atoms with Crippen molar-refractivity contribution in [3.63, 3.8) is 0 Å². The van der Waals surface area contributed by atoms with Gasteiger partial charge in [-0.15, -0.1) is 0 Å². The fraction of sp³-hybridized carbons (Fsp3) is 0.357. The summed E-state index contributed by atoms with van der Waals surface area (Å²) in [6.45, 7) is 3.84. The lowest BCUT2D eigenvalue weighted by Crippen LogP contribution is -2.36. The number of methoxy groups -OCH3 is 3. The fourth-order valence-electron chi connectivity index (χ4n) is 5.11. The molecule has 0 amide bonds. The van der Waals surface area contributed by atoms with Gasteiger partial charge in [0.1, 0.15) is 17.2 Å². The van der Waals surface area contributed by atoms with Crippen molar-refractivity contribution < 1.29 is 28.5 Å². The van der Waals surface area contributed by atoms with Crippen molar-refractivity contribution in [2.24, 2.45) is 0 Å². The molecule has 7 heteroatoms. The van der Waals surface area contributed by atoms with E-state index in [1.807, 2.05) is 43.3 Å². The van der Waals surface area contributed by atoms with Crippen molar-refractivity contribution in [2.45, 2.75) is 38.5 Å². The smallest absolute Gasteiger partial charge is 0.336 e. The number of nitrogens with one attached hydrogen (secondary N) is 1. The molecule has 2 aromatic rings. The standard InChI is InChI=1S/C28H31NO6/c1-6-35-28(31)25-16(2)29-21-13-17(19-9-7-8-10-23(19)33-4)14-22(30)27(21)26(25)20-12-11-18(32-3)15-24(20)34-5/h7-12,15,17,26,29H,6,13-14H2,1-5H3. The molecule has 0 fully saturated rings. The molecule has 0 spiro atoms. The molecule has 7 nitrogen and oxygen atoms in total. The van der Waals surface area contributed by atoms with E-state index in [9.17, 15) is 9.59 Å². The summed E-state index contributed by atoms with van der Waals surface area (Å²) in [6, 6.07) is 13.2. The van der Waals surface area contributed by atoms with Gasteiger partial charge in [0.05, 0.1) is 39.4 Å². The topological polar surface area (TPSA) is 83.1 Å². The van der Waals surface area contributed by atoms with Gasteiger partial charge < -0.3 is 24.3 Å². The third kappa shape index (κ3) is 4.50. The second-order valence-electron chi connectivity index (χ2n) is 8.59. The summed E-state index contributed by atoms with van der Waals surface area (Å²) in [5, 5.41) is 3.37. The Morgan fingerprint density at radius 2 is 1.71 bits per heavy atom. The first-order chi connectivity index (χ1) is 16.9. The molecule has 0 radical (unpaired) electrons. The van der Waals surface area contributed by atoms with E-state index >= 15 is 0 Å². The van der Waals surface area contributed by atoms with Crippen LogP contribution < -0.4 is 19.5 Å². The predicted octanol–water partition coefficient (Wildman–Crippen LogP) is 4.64. The highest BCUT2D eigenvalue weighted by atomic mass is 16.5. The number of para-hydroxylation sites is 1. The van der Waals surface area contributed by atoms with Crippen LogP contribution in [0.3, 0.4) is 0 Å². The second-order valence-corrected chi connectivity index (χ2v) is 8.59. The maximum absolute atomic E-state index is 13.8. The first kappa shape index (κ1) is 24.4. The van der Waals surface area contributed by atoms with Crippen LogP contribution in [-0.2, 0) is 14.3 Å². The zero-order chi connectivity index (χ0) is 25.1. The molecule has 35 heavy (non-hydrogen) atoms. The molecule has 2 aromatic carbocycles. The number of carbonyl (C=O) groups excluding carboxylic acids is 2. The van der Waals surface area contributed by atoms with Gasteiger partial charge in [0, 0.05) is 40.9 Å². The predicted molar refractivity (Wildman–Crippen MR) is 132 cm³/mol. The van der Waals surface area contributed by atoms with E-state index in [1.165, 1.54) is 0 Å². The summed E-state index contributed by atoms with van der Waals surface area (Å²) < 4.78 is 22.0. The third-order valence-corrected chi connectivity index (χ3v) is 6.65. The van der Waals surface area contributed by atoms with Crippen molar-refractivity contribution in [1.82, 2.24) is 5.32 Å². The van der Waals surface area contributed by atoms with Gasteiger partial charge in [0.25, 0.3) is 0 Å². The lowest BCUT2D eigenvalue weighted by Gasteiger charge is -2.37. The lowest BCUT2D eigenvalue weighted by molar-refractivity contribution is -0.138. The molecule has 2 atom stereocenters. The zero-order valence-electron chi connectivity index (χ0n) is 20.8. The molecule has 2 aliphatic rings. The second kappa shape index (κ2) is 10.3. The van der Waals surface area contributed by atoms with Gasteiger partial charge in [-0.2, -0.15) is 0 Å². The maximum Gasteiger partial charge on any atom is 0.336 e. The summed E-state index contributed by atoms with van der Waals surface area (Å²) in [7, 11) is 4.78. The summed E-state index contributed by atoms with van der Waals surface area (Å²) in [5.41, 5.74) is 4.18. The van der Waals surface area contributed by atoms with E-state index in [1.54, 1.807) is 34.3 Å². The summed E-state index contributed by atoms with van der Waals surface area (Å²) in [5.74, 6) is 0.796. The van der Waals surface area contributed by atoms with Crippen molar-refractivity contribution in [2.75, 3.05) is 27.9 Å². The number of benzene rings is 2. The first-order valence-corrected chi connectivity index (χ1v) is 11.7. The largest absolute Gasteiger partial charge is 0.497 e. The van der Waals surface area contributed by atoms with Gasteiger partial charge in [-0.05, 0) is 38.0 Å². The van der Waals surface area contributed by atoms with Gasteiger partial charge in [-0.1, -0.05) is 24.3 Å². The minimum absolute atomic E-state index is 0.0215. The van der Waals surface area contributed by atoms with Crippen molar-refractivity contribution >= 4 is 11.8 Å². The van der Waals surface area contributed by atoms with Gasteiger partial charge in [-0.3, -0.25) is 4.79 Å². The van der Waals surface area contributed by atoms with E-state index in [4.69, 9.17) is 18.9 Å². The van der Waals surface area contributed by atoms with Crippen LogP contribution in [0.1, 0.15) is 49.7 Å². The molecular weight excluding hydrogens is 446 g/mol. The molecule has 184 valence electrons. The van der Waals surface area contributed by atoms with Crippen LogP contribution in [0.5, 0.6) is 17.2 Å². The van der Waals surface area contributed by atoms with Gasteiger partial charge in [0.15, 0.2) is 5.78 Å². The Hall–Kier alpha value is -3.74. The van der Waals surface area contributed by atoms with E-state index < -0.39 is 11.9 Å². The number of ketones is 1. The molecular formula is C28H31NO6. The first-order valence-electron chi connectivity index (χ1n) is 11.7. The van der Waals surface area contributed by atoms with Gasteiger partial charge in [-0.25, -0.2) is 4.79 Å². The SMILES string of the molecule is CCOC(=O)C1=C(C)NC2=C(C(=O)CC(c3ccccc3OC)C2)C1c1ccc(OC)cc1OC. The van der Waals surface area contributed by atoms with E-state index in [-0.39, 0.29) is 18.3 Å².